The third-order valence-electron chi connectivity index (χ3n) is 3.80. The summed E-state index contributed by atoms with van der Waals surface area (Å²) < 4.78 is 51.4. The summed E-state index contributed by atoms with van der Waals surface area (Å²) in [5, 5.41) is 10.2. The minimum Gasteiger partial charge on any atom is -0.493 e. The van der Waals surface area contributed by atoms with Crippen LogP contribution in [0, 0.1) is 0 Å². The highest BCUT2D eigenvalue weighted by atomic mass is 19.4. The molecular weight excluding hydrogens is 349 g/mol. The summed E-state index contributed by atoms with van der Waals surface area (Å²) in [6.45, 7) is -0.491. The van der Waals surface area contributed by atoms with Crippen LogP contribution in [0.25, 0.3) is 11.0 Å². The third kappa shape index (κ3) is 3.75. The lowest BCUT2D eigenvalue weighted by Gasteiger charge is -2.17. The summed E-state index contributed by atoms with van der Waals surface area (Å²) in [6.07, 6.45) is -5.79. The van der Waals surface area contributed by atoms with Gasteiger partial charge in [-0.05, 0) is 24.3 Å². The number of aliphatic hydroxyl groups excluding tert-OH is 1. The average molecular weight is 366 g/mol. The number of para-hydroxylation sites is 4. The molecule has 1 heterocycles. The van der Waals surface area contributed by atoms with E-state index in [1.54, 1.807) is 36.4 Å². The zero-order chi connectivity index (χ0) is 18.7. The Morgan fingerprint density at radius 3 is 2.42 bits per heavy atom. The first-order valence-corrected chi connectivity index (χ1v) is 7.86. The molecule has 0 aliphatic heterocycles. The molecule has 8 heteroatoms. The zero-order valence-corrected chi connectivity index (χ0v) is 13.9. The van der Waals surface area contributed by atoms with E-state index in [9.17, 15) is 18.3 Å². The van der Waals surface area contributed by atoms with Crippen molar-refractivity contribution >= 4 is 11.0 Å². The molecule has 1 atom stereocenters. The Morgan fingerprint density at radius 2 is 1.73 bits per heavy atom. The molecule has 1 N–H and O–H groups in total. The van der Waals surface area contributed by atoms with Gasteiger partial charge in [-0.2, -0.15) is 13.2 Å². The molecule has 0 saturated carbocycles. The Balaban J connectivity index is 1.80. The second-order valence-corrected chi connectivity index (χ2v) is 5.65. The fraction of sp³-hybridized carbons (Fsp3) is 0.278. The van der Waals surface area contributed by atoms with Crippen LogP contribution >= 0.6 is 0 Å². The standard InChI is InChI=1S/C18H17F3N2O3/c1-25-15-8-4-5-9-16(15)26-11-12(24)10-23-14-7-3-2-6-13(14)22-17(23)18(19,20)21/h2-9,12,24H,10-11H2,1H3/t12-/m0/s1. The molecule has 0 spiro atoms. The van der Waals surface area contributed by atoms with Gasteiger partial charge in [-0.3, -0.25) is 0 Å². The SMILES string of the molecule is COc1ccccc1OC[C@@H](O)Cn1c(C(F)(F)F)nc2ccccc21. The summed E-state index contributed by atoms with van der Waals surface area (Å²) in [4.78, 5) is 3.65. The van der Waals surface area contributed by atoms with E-state index in [4.69, 9.17) is 9.47 Å². The van der Waals surface area contributed by atoms with E-state index in [1.807, 2.05) is 0 Å². The van der Waals surface area contributed by atoms with Gasteiger partial charge in [-0.25, -0.2) is 4.98 Å². The van der Waals surface area contributed by atoms with Gasteiger partial charge in [-0.15, -0.1) is 0 Å². The van der Waals surface area contributed by atoms with Crippen LogP contribution in [0.15, 0.2) is 48.5 Å². The summed E-state index contributed by atoms with van der Waals surface area (Å²) in [6, 6.07) is 13.1. The highest BCUT2D eigenvalue weighted by Gasteiger charge is 2.37. The number of alkyl halides is 3. The van der Waals surface area contributed by atoms with Gasteiger partial charge >= 0.3 is 6.18 Å². The minimum atomic E-state index is -4.62. The summed E-state index contributed by atoms with van der Waals surface area (Å²) in [7, 11) is 1.48. The maximum absolute atomic E-state index is 13.3. The molecule has 5 nitrogen and oxygen atoms in total. The number of fused-ring (bicyclic) bond motifs is 1. The number of aromatic nitrogens is 2. The van der Waals surface area contributed by atoms with Gasteiger partial charge in [0.25, 0.3) is 0 Å². The largest absolute Gasteiger partial charge is 0.493 e. The Kier molecular flexibility index (Phi) is 5.03. The van der Waals surface area contributed by atoms with Gasteiger partial charge in [0.1, 0.15) is 12.7 Å². The number of rotatable bonds is 6. The van der Waals surface area contributed by atoms with Gasteiger partial charge in [0, 0.05) is 0 Å². The predicted molar refractivity (Wildman–Crippen MR) is 89.2 cm³/mol. The molecule has 1 aromatic heterocycles. The van der Waals surface area contributed by atoms with Crippen molar-refractivity contribution in [1.82, 2.24) is 9.55 Å². The van der Waals surface area contributed by atoms with Gasteiger partial charge in [0.15, 0.2) is 11.5 Å². The predicted octanol–water partition coefficient (Wildman–Crippen LogP) is 3.50. The molecule has 0 amide bonds. The highest BCUT2D eigenvalue weighted by molar-refractivity contribution is 5.76. The van der Waals surface area contributed by atoms with Crippen molar-refractivity contribution in [3.63, 3.8) is 0 Å². The van der Waals surface area contributed by atoms with Crippen LogP contribution in [-0.2, 0) is 12.7 Å². The number of ether oxygens (including phenoxy) is 2. The van der Waals surface area contributed by atoms with E-state index in [0.29, 0.717) is 17.0 Å². The van der Waals surface area contributed by atoms with Crippen molar-refractivity contribution in [3.05, 3.63) is 54.4 Å². The molecule has 0 aliphatic rings. The normalized spacial score (nSPS) is 13.0. The topological polar surface area (TPSA) is 56.5 Å². The van der Waals surface area contributed by atoms with Crippen LogP contribution in [0.4, 0.5) is 13.2 Å². The molecule has 2 aromatic carbocycles. The van der Waals surface area contributed by atoms with E-state index in [2.05, 4.69) is 4.98 Å². The van der Waals surface area contributed by atoms with Crippen LogP contribution in [0.1, 0.15) is 5.82 Å². The molecule has 3 rings (SSSR count). The molecule has 26 heavy (non-hydrogen) atoms. The maximum atomic E-state index is 13.3. The summed E-state index contributed by atoms with van der Waals surface area (Å²) in [5.41, 5.74) is 0.522. The van der Waals surface area contributed by atoms with Crippen molar-refractivity contribution in [2.75, 3.05) is 13.7 Å². The fourth-order valence-electron chi connectivity index (χ4n) is 2.66. The maximum Gasteiger partial charge on any atom is 0.449 e. The van der Waals surface area contributed by atoms with Crippen molar-refractivity contribution in [2.45, 2.75) is 18.8 Å². The first kappa shape index (κ1) is 18.1. The number of benzene rings is 2. The first-order valence-electron chi connectivity index (χ1n) is 7.86. The number of halogens is 3. The number of methoxy groups -OCH3 is 1. The average Bonchev–Trinajstić information content (AvgIpc) is 2.99. The Labute approximate surface area is 147 Å². The number of hydrogen-bond acceptors (Lipinski definition) is 4. The third-order valence-corrected chi connectivity index (χ3v) is 3.80. The lowest BCUT2D eigenvalue weighted by atomic mass is 10.3. The quantitative estimate of drug-likeness (QED) is 0.725. The molecule has 0 aliphatic carbocycles. The van der Waals surface area contributed by atoms with E-state index in [0.717, 1.165) is 4.57 Å². The molecular formula is C18H17F3N2O3. The van der Waals surface area contributed by atoms with E-state index in [-0.39, 0.29) is 18.7 Å². The van der Waals surface area contributed by atoms with E-state index >= 15 is 0 Å². The van der Waals surface area contributed by atoms with Crippen LogP contribution in [0.5, 0.6) is 11.5 Å². The Hall–Kier alpha value is -2.74. The molecule has 0 bridgehead atoms. The Morgan fingerprint density at radius 1 is 1.08 bits per heavy atom. The fourth-order valence-corrected chi connectivity index (χ4v) is 2.66. The van der Waals surface area contributed by atoms with E-state index in [1.165, 1.54) is 19.2 Å². The van der Waals surface area contributed by atoms with Crippen LogP contribution in [0.2, 0.25) is 0 Å². The minimum absolute atomic E-state index is 0.190. The second kappa shape index (κ2) is 7.25. The summed E-state index contributed by atoms with van der Waals surface area (Å²) in [5.74, 6) is -0.167. The van der Waals surface area contributed by atoms with Crippen molar-refractivity contribution in [2.24, 2.45) is 0 Å². The molecule has 3 aromatic rings. The zero-order valence-electron chi connectivity index (χ0n) is 13.9. The number of nitrogens with zero attached hydrogens (tertiary/aromatic N) is 2. The molecule has 0 radical (unpaired) electrons. The van der Waals surface area contributed by atoms with E-state index < -0.39 is 18.1 Å². The number of aliphatic hydroxyl groups is 1. The first-order chi connectivity index (χ1) is 12.4. The lowest BCUT2D eigenvalue weighted by molar-refractivity contribution is -0.147. The van der Waals surface area contributed by atoms with Crippen LogP contribution < -0.4 is 9.47 Å². The van der Waals surface area contributed by atoms with Gasteiger partial charge in [0.05, 0.1) is 24.7 Å². The monoisotopic (exact) mass is 366 g/mol. The van der Waals surface area contributed by atoms with Crippen LogP contribution in [0.3, 0.4) is 0 Å². The van der Waals surface area contributed by atoms with Gasteiger partial charge < -0.3 is 19.1 Å². The van der Waals surface area contributed by atoms with Crippen molar-refractivity contribution < 1.29 is 27.8 Å². The lowest BCUT2D eigenvalue weighted by Crippen LogP contribution is -2.26. The number of hydrogen-bond donors (Lipinski definition) is 1. The molecule has 0 saturated heterocycles. The highest BCUT2D eigenvalue weighted by Crippen LogP contribution is 2.32. The van der Waals surface area contributed by atoms with Crippen LogP contribution in [-0.4, -0.2) is 34.5 Å². The van der Waals surface area contributed by atoms with Gasteiger partial charge in [-0.1, -0.05) is 24.3 Å². The smallest absolute Gasteiger partial charge is 0.449 e. The van der Waals surface area contributed by atoms with Crippen molar-refractivity contribution in [3.8, 4) is 11.5 Å². The van der Waals surface area contributed by atoms with Gasteiger partial charge in [0.2, 0.25) is 5.82 Å². The molecule has 0 unspecified atom stereocenters. The number of imidazole rings is 1. The summed E-state index contributed by atoms with van der Waals surface area (Å²) >= 11 is 0. The Bertz CT molecular complexity index is 893. The van der Waals surface area contributed by atoms with Crippen molar-refractivity contribution in [1.29, 1.82) is 0 Å². The molecule has 0 fully saturated rings. The molecule has 138 valence electrons. The second-order valence-electron chi connectivity index (χ2n) is 5.65.